The van der Waals surface area contributed by atoms with Gasteiger partial charge in [-0.3, -0.25) is 4.99 Å². The van der Waals surface area contributed by atoms with Gasteiger partial charge in [-0.2, -0.15) is 0 Å². The number of benzene rings is 1. The molecule has 0 amide bonds. The normalized spacial score (nSPS) is 17.3. The van der Waals surface area contributed by atoms with E-state index >= 15 is 0 Å². The summed E-state index contributed by atoms with van der Waals surface area (Å²) in [6, 6.07) is 9.26. The van der Waals surface area contributed by atoms with Crippen molar-refractivity contribution in [3.8, 4) is 0 Å². The third kappa shape index (κ3) is 6.22. The summed E-state index contributed by atoms with van der Waals surface area (Å²) in [5, 5.41) is 7.02. The van der Waals surface area contributed by atoms with Crippen LogP contribution in [0.4, 0.5) is 0 Å². The van der Waals surface area contributed by atoms with Gasteiger partial charge in [-0.1, -0.05) is 36.8 Å². The lowest BCUT2D eigenvalue weighted by atomic mass is 10.1. The van der Waals surface area contributed by atoms with Crippen LogP contribution in [0.2, 0.25) is 0 Å². The second kappa shape index (κ2) is 9.56. The molecule has 1 heterocycles. The van der Waals surface area contributed by atoms with Gasteiger partial charge in [0.1, 0.15) is 0 Å². The van der Waals surface area contributed by atoms with Crippen LogP contribution < -0.4 is 10.6 Å². The summed E-state index contributed by atoms with van der Waals surface area (Å²) < 4.78 is 0. The molecule has 1 aliphatic heterocycles. The van der Waals surface area contributed by atoms with Gasteiger partial charge in [0, 0.05) is 32.7 Å². The molecule has 0 bridgehead atoms. The van der Waals surface area contributed by atoms with Gasteiger partial charge in [0.05, 0.1) is 0 Å². The van der Waals surface area contributed by atoms with Crippen molar-refractivity contribution in [2.24, 2.45) is 4.99 Å². The van der Waals surface area contributed by atoms with Crippen LogP contribution in [-0.2, 0) is 6.42 Å². The maximum atomic E-state index is 4.37. The Hall–Kier alpha value is -1.55. The topological polar surface area (TPSA) is 39.7 Å². The number of aliphatic imine (C=N–C) groups is 1. The molecule has 0 unspecified atom stereocenters. The Morgan fingerprint density at radius 1 is 1.30 bits per heavy atom. The minimum Gasteiger partial charge on any atom is -0.356 e. The maximum Gasteiger partial charge on any atom is 0.191 e. The van der Waals surface area contributed by atoms with E-state index in [1.165, 1.54) is 50.0 Å². The van der Waals surface area contributed by atoms with Crippen molar-refractivity contribution in [2.45, 2.75) is 45.6 Å². The summed E-state index contributed by atoms with van der Waals surface area (Å²) >= 11 is 0. The van der Waals surface area contributed by atoms with Gasteiger partial charge in [-0.15, -0.1) is 0 Å². The number of hydrogen-bond donors (Lipinski definition) is 2. The second-order valence-corrected chi connectivity index (χ2v) is 6.50. The van der Waals surface area contributed by atoms with Crippen molar-refractivity contribution in [1.29, 1.82) is 0 Å². The first-order valence-electron chi connectivity index (χ1n) is 8.96. The average Bonchev–Trinajstić information content (AvgIpc) is 2.56. The Morgan fingerprint density at radius 3 is 2.74 bits per heavy atom. The number of nitrogens with one attached hydrogen (secondary N) is 2. The van der Waals surface area contributed by atoms with E-state index in [1.54, 1.807) is 0 Å². The predicted molar refractivity (Wildman–Crippen MR) is 99.1 cm³/mol. The minimum atomic E-state index is 0.549. The molecule has 0 radical (unpaired) electrons. The molecule has 128 valence electrons. The molecule has 0 spiro atoms. The van der Waals surface area contributed by atoms with Crippen LogP contribution in [0, 0.1) is 6.92 Å². The molecule has 1 aromatic rings. The Morgan fingerprint density at radius 2 is 2.09 bits per heavy atom. The highest BCUT2D eigenvalue weighted by Crippen LogP contribution is 2.10. The van der Waals surface area contributed by atoms with Crippen molar-refractivity contribution in [3.63, 3.8) is 0 Å². The van der Waals surface area contributed by atoms with Gasteiger partial charge < -0.3 is 15.5 Å². The third-order valence-corrected chi connectivity index (χ3v) is 4.48. The van der Waals surface area contributed by atoms with Gasteiger partial charge in [0.2, 0.25) is 0 Å². The number of nitrogens with zero attached hydrogens (tertiary/aromatic N) is 2. The van der Waals surface area contributed by atoms with Gasteiger partial charge in [0.15, 0.2) is 5.96 Å². The van der Waals surface area contributed by atoms with Crippen LogP contribution in [0.5, 0.6) is 0 Å². The summed E-state index contributed by atoms with van der Waals surface area (Å²) in [6.07, 6.45) is 4.69. The number of rotatable bonds is 6. The molecule has 4 nitrogen and oxygen atoms in total. The van der Waals surface area contributed by atoms with E-state index in [0.717, 1.165) is 18.9 Å². The third-order valence-electron chi connectivity index (χ3n) is 4.48. The molecule has 1 fully saturated rings. The minimum absolute atomic E-state index is 0.549. The van der Waals surface area contributed by atoms with Crippen LogP contribution in [0.25, 0.3) is 0 Å². The molecule has 4 heteroatoms. The molecule has 0 aromatic heterocycles. The van der Waals surface area contributed by atoms with Crippen LogP contribution >= 0.6 is 0 Å². The number of likely N-dealkylation sites (tertiary alicyclic amines) is 1. The first kappa shape index (κ1) is 17.8. The fraction of sp³-hybridized carbons (Fsp3) is 0.632. The highest BCUT2D eigenvalue weighted by molar-refractivity contribution is 5.79. The van der Waals surface area contributed by atoms with Crippen LogP contribution in [0.3, 0.4) is 0 Å². The molecule has 1 saturated heterocycles. The Labute approximate surface area is 141 Å². The molecule has 0 aliphatic carbocycles. The fourth-order valence-corrected chi connectivity index (χ4v) is 3.20. The predicted octanol–water partition coefficient (Wildman–Crippen LogP) is 2.58. The molecule has 0 atom stereocenters. The average molecular weight is 316 g/mol. The molecule has 2 N–H and O–H groups in total. The molecule has 1 aliphatic rings. The maximum absolute atomic E-state index is 4.37. The largest absolute Gasteiger partial charge is 0.356 e. The zero-order valence-corrected chi connectivity index (χ0v) is 14.9. The quantitative estimate of drug-likeness (QED) is 0.626. The van der Waals surface area contributed by atoms with Gasteiger partial charge in [-0.25, -0.2) is 0 Å². The summed E-state index contributed by atoms with van der Waals surface area (Å²) in [7, 11) is 1.86. The highest BCUT2D eigenvalue weighted by Gasteiger charge is 2.19. The van der Waals surface area contributed by atoms with Crippen molar-refractivity contribution in [3.05, 3.63) is 35.4 Å². The lowest BCUT2D eigenvalue weighted by Gasteiger charge is -2.32. The molecule has 2 rings (SSSR count). The van der Waals surface area contributed by atoms with E-state index in [9.17, 15) is 0 Å². The highest BCUT2D eigenvalue weighted by atomic mass is 15.2. The zero-order chi connectivity index (χ0) is 16.5. The van der Waals surface area contributed by atoms with Crippen molar-refractivity contribution in [2.75, 3.05) is 33.2 Å². The number of piperidine rings is 1. The van der Waals surface area contributed by atoms with Crippen LogP contribution in [-0.4, -0.2) is 50.1 Å². The second-order valence-electron chi connectivity index (χ2n) is 6.50. The SMILES string of the molecule is CCCN1CCC(NC(=NC)NCCc2cccc(C)c2)CC1. The first-order valence-corrected chi connectivity index (χ1v) is 8.96. The summed E-state index contributed by atoms with van der Waals surface area (Å²) in [6.45, 7) is 8.94. The van der Waals surface area contributed by atoms with E-state index in [1.807, 2.05) is 7.05 Å². The Kier molecular flexibility index (Phi) is 7.40. The first-order chi connectivity index (χ1) is 11.2. The molecule has 23 heavy (non-hydrogen) atoms. The van der Waals surface area contributed by atoms with Crippen molar-refractivity contribution >= 4 is 5.96 Å². The standard InChI is InChI=1S/C19H32N4/c1-4-12-23-13-9-18(10-14-23)22-19(20-3)21-11-8-17-7-5-6-16(2)15-17/h5-7,15,18H,4,8-14H2,1-3H3,(H2,20,21,22). The number of hydrogen-bond acceptors (Lipinski definition) is 2. The molecule has 0 saturated carbocycles. The monoisotopic (exact) mass is 316 g/mol. The van der Waals surface area contributed by atoms with E-state index in [2.05, 4.69) is 58.6 Å². The summed E-state index contributed by atoms with van der Waals surface area (Å²) in [4.78, 5) is 6.93. The Bertz CT molecular complexity index is 490. The van der Waals surface area contributed by atoms with Gasteiger partial charge >= 0.3 is 0 Å². The zero-order valence-electron chi connectivity index (χ0n) is 14.9. The number of aryl methyl sites for hydroxylation is 1. The van der Waals surface area contributed by atoms with Crippen molar-refractivity contribution < 1.29 is 0 Å². The summed E-state index contributed by atoms with van der Waals surface area (Å²) in [5.41, 5.74) is 2.70. The van der Waals surface area contributed by atoms with E-state index in [0.29, 0.717) is 6.04 Å². The van der Waals surface area contributed by atoms with E-state index < -0.39 is 0 Å². The Balaban J connectivity index is 1.70. The van der Waals surface area contributed by atoms with Gasteiger partial charge in [-0.05, 0) is 44.7 Å². The lowest BCUT2D eigenvalue weighted by molar-refractivity contribution is 0.206. The van der Waals surface area contributed by atoms with E-state index in [-0.39, 0.29) is 0 Å². The molecular formula is C19H32N4. The van der Waals surface area contributed by atoms with E-state index in [4.69, 9.17) is 0 Å². The number of guanidine groups is 1. The van der Waals surface area contributed by atoms with Crippen LogP contribution in [0.1, 0.15) is 37.3 Å². The molecular weight excluding hydrogens is 284 g/mol. The van der Waals surface area contributed by atoms with Crippen LogP contribution in [0.15, 0.2) is 29.3 Å². The van der Waals surface area contributed by atoms with Gasteiger partial charge in [0.25, 0.3) is 0 Å². The smallest absolute Gasteiger partial charge is 0.191 e. The lowest BCUT2D eigenvalue weighted by Crippen LogP contribution is -2.49. The summed E-state index contributed by atoms with van der Waals surface area (Å²) in [5.74, 6) is 0.937. The molecule has 1 aromatic carbocycles. The van der Waals surface area contributed by atoms with Crippen molar-refractivity contribution in [1.82, 2.24) is 15.5 Å². The fourth-order valence-electron chi connectivity index (χ4n) is 3.20.